The highest BCUT2D eigenvalue weighted by atomic mass is 19.3. The van der Waals surface area contributed by atoms with Gasteiger partial charge in [0.2, 0.25) is 11.7 Å². The lowest BCUT2D eigenvalue weighted by molar-refractivity contribution is -0.384. The van der Waals surface area contributed by atoms with Gasteiger partial charge in [-0.1, -0.05) is 0 Å². The van der Waals surface area contributed by atoms with Crippen molar-refractivity contribution in [3.63, 3.8) is 0 Å². The van der Waals surface area contributed by atoms with Crippen molar-refractivity contribution >= 4 is 11.5 Å². The van der Waals surface area contributed by atoms with Crippen LogP contribution in [0.4, 0.5) is 20.3 Å². The van der Waals surface area contributed by atoms with Crippen molar-refractivity contribution in [3.8, 4) is 5.88 Å². The predicted molar refractivity (Wildman–Crippen MR) is 58.0 cm³/mol. The van der Waals surface area contributed by atoms with E-state index in [1.54, 1.807) is 0 Å². The molecule has 0 aliphatic heterocycles. The first-order valence-electron chi connectivity index (χ1n) is 4.81. The van der Waals surface area contributed by atoms with Crippen LogP contribution in [-0.4, -0.2) is 41.2 Å². The van der Waals surface area contributed by atoms with Crippen LogP contribution in [0, 0.1) is 10.1 Å². The zero-order valence-electron chi connectivity index (χ0n) is 9.39. The zero-order valence-corrected chi connectivity index (χ0v) is 9.39. The largest absolute Gasteiger partial charge is 0.481 e. The van der Waals surface area contributed by atoms with Gasteiger partial charge in [0.1, 0.15) is 6.61 Å². The SMILES string of the molecule is COc1ccc([N+](=O)[O-])c(NCC(F)(F)CO)n1. The van der Waals surface area contributed by atoms with Crippen LogP contribution in [-0.2, 0) is 0 Å². The number of hydrogen-bond donors (Lipinski definition) is 2. The van der Waals surface area contributed by atoms with Gasteiger partial charge >= 0.3 is 5.69 Å². The smallest absolute Gasteiger partial charge is 0.311 e. The molecule has 9 heteroatoms. The summed E-state index contributed by atoms with van der Waals surface area (Å²) in [5.74, 6) is -3.68. The minimum Gasteiger partial charge on any atom is -0.481 e. The second kappa shape index (κ2) is 5.54. The predicted octanol–water partition coefficient (Wildman–Crippen LogP) is 1.04. The van der Waals surface area contributed by atoms with Gasteiger partial charge in [-0.25, -0.2) is 8.78 Å². The van der Waals surface area contributed by atoms with Crippen molar-refractivity contribution in [2.75, 3.05) is 25.6 Å². The molecule has 0 fully saturated rings. The molecule has 0 amide bonds. The van der Waals surface area contributed by atoms with Gasteiger partial charge in [0.05, 0.1) is 18.6 Å². The van der Waals surface area contributed by atoms with Gasteiger partial charge in [0.25, 0.3) is 5.92 Å². The molecule has 0 spiro atoms. The summed E-state index contributed by atoms with van der Waals surface area (Å²) in [4.78, 5) is 13.6. The standard InChI is InChI=1S/C9H11F2N3O4/c1-18-7-3-2-6(14(16)17)8(13-7)12-4-9(10,11)5-15/h2-3,15H,4-5H2,1H3,(H,12,13). The topological polar surface area (TPSA) is 97.5 Å². The van der Waals surface area contributed by atoms with E-state index in [0.29, 0.717) is 0 Å². The lowest BCUT2D eigenvalue weighted by Crippen LogP contribution is -2.31. The number of rotatable bonds is 6. The first kappa shape index (κ1) is 14.0. The van der Waals surface area contributed by atoms with Crippen molar-refractivity contribution in [2.24, 2.45) is 0 Å². The lowest BCUT2D eigenvalue weighted by atomic mass is 10.3. The molecule has 1 rings (SSSR count). The number of methoxy groups -OCH3 is 1. The van der Waals surface area contributed by atoms with Gasteiger partial charge in [0.15, 0.2) is 0 Å². The molecule has 1 aromatic heterocycles. The summed E-state index contributed by atoms with van der Waals surface area (Å²) < 4.78 is 30.4. The van der Waals surface area contributed by atoms with Crippen LogP contribution < -0.4 is 10.1 Å². The van der Waals surface area contributed by atoms with Crippen LogP contribution in [0.25, 0.3) is 0 Å². The van der Waals surface area contributed by atoms with Crippen molar-refractivity contribution in [1.82, 2.24) is 4.98 Å². The minimum absolute atomic E-state index is 0.0513. The molecule has 1 aromatic rings. The highest BCUT2D eigenvalue weighted by molar-refractivity contribution is 5.57. The molecule has 0 aliphatic carbocycles. The molecule has 0 aromatic carbocycles. The Bertz CT molecular complexity index is 442. The first-order chi connectivity index (χ1) is 8.39. The number of halogens is 2. The minimum atomic E-state index is -3.39. The number of ether oxygens (including phenoxy) is 1. The van der Waals surface area contributed by atoms with Crippen molar-refractivity contribution in [1.29, 1.82) is 0 Å². The van der Waals surface area contributed by atoms with E-state index in [1.807, 2.05) is 0 Å². The fourth-order valence-electron chi connectivity index (χ4n) is 1.09. The Balaban J connectivity index is 2.94. The molecule has 0 bridgehead atoms. The van der Waals surface area contributed by atoms with Crippen molar-refractivity contribution < 1.29 is 23.5 Å². The Morgan fingerprint density at radius 1 is 1.61 bits per heavy atom. The number of pyridine rings is 1. The van der Waals surface area contributed by atoms with Gasteiger partial charge in [-0.05, 0) is 0 Å². The van der Waals surface area contributed by atoms with E-state index >= 15 is 0 Å². The third kappa shape index (κ3) is 3.48. The summed E-state index contributed by atoms with van der Waals surface area (Å²) in [6.07, 6.45) is 0. The van der Waals surface area contributed by atoms with Crippen LogP contribution in [0.15, 0.2) is 12.1 Å². The fourth-order valence-corrected chi connectivity index (χ4v) is 1.09. The van der Waals surface area contributed by atoms with E-state index < -0.39 is 29.7 Å². The highest BCUT2D eigenvalue weighted by Gasteiger charge is 2.29. The van der Waals surface area contributed by atoms with Crippen LogP contribution in [0.1, 0.15) is 0 Å². The lowest BCUT2D eigenvalue weighted by Gasteiger charge is -2.14. The Hall–Kier alpha value is -2.03. The molecule has 1 heterocycles. The van der Waals surface area contributed by atoms with E-state index in [4.69, 9.17) is 9.84 Å². The summed E-state index contributed by atoms with van der Waals surface area (Å²) in [5, 5.41) is 21.2. The van der Waals surface area contributed by atoms with Gasteiger partial charge in [-0.15, -0.1) is 0 Å². The van der Waals surface area contributed by atoms with Crippen molar-refractivity contribution in [2.45, 2.75) is 5.92 Å². The fraction of sp³-hybridized carbons (Fsp3) is 0.444. The van der Waals surface area contributed by atoms with E-state index in [2.05, 4.69) is 10.3 Å². The summed E-state index contributed by atoms with van der Waals surface area (Å²) >= 11 is 0. The summed E-state index contributed by atoms with van der Waals surface area (Å²) in [7, 11) is 1.29. The van der Waals surface area contributed by atoms with E-state index in [-0.39, 0.29) is 11.7 Å². The number of nitrogens with one attached hydrogen (secondary N) is 1. The monoisotopic (exact) mass is 263 g/mol. The Kier molecular flexibility index (Phi) is 4.32. The van der Waals surface area contributed by atoms with Crippen molar-refractivity contribution in [3.05, 3.63) is 22.2 Å². The number of nitro groups is 1. The molecule has 18 heavy (non-hydrogen) atoms. The van der Waals surface area contributed by atoms with Crippen LogP contribution >= 0.6 is 0 Å². The maximum atomic E-state index is 12.8. The molecule has 7 nitrogen and oxygen atoms in total. The molecule has 0 aliphatic rings. The summed E-state index contributed by atoms with van der Waals surface area (Å²) in [6, 6.07) is 2.33. The van der Waals surface area contributed by atoms with E-state index in [0.717, 1.165) is 6.07 Å². The number of anilines is 1. The first-order valence-corrected chi connectivity index (χ1v) is 4.81. The summed E-state index contributed by atoms with van der Waals surface area (Å²) in [6.45, 7) is -2.33. The van der Waals surface area contributed by atoms with Crippen LogP contribution in [0.2, 0.25) is 0 Å². The normalized spacial score (nSPS) is 11.1. The number of aliphatic hydroxyl groups excluding tert-OH is 1. The average Bonchev–Trinajstić information content (AvgIpc) is 2.36. The summed E-state index contributed by atoms with van der Waals surface area (Å²) in [5.41, 5.74) is -0.454. The third-order valence-corrected chi connectivity index (χ3v) is 2.00. The number of aliphatic hydroxyl groups is 1. The van der Waals surface area contributed by atoms with Crippen LogP contribution in [0.3, 0.4) is 0 Å². The molecule has 0 unspecified atom stereocenters. The number of alkyl halides is 2. The maximum Gasteiger partial charge on any atom is 0.311 e. The number of nitrogens with zero attached hydrogens (tertiary/aromatic N) is 2. The third-order valence-electron chi connectivity index (χ3n) is 2.00. The molecular weight excluding hydrogens is 252 g/mol. The maximum absolute atomic E-state index is 12.8. The van der Waals surface area contributed by atoms with Gasteiger partial charge < -0.3 is 15.2 Å². The molecule has 100 valence electrons. The Morgan fingerprint density at radius 2 is 2.28 bits per heavy atom. The molecular formula is C9H11F2N3O4. The molecule has 0 saturated carbocycles. The molecule has 2 N–H and O–H groups in total. The van der Waals surface area contributed by atoms with Gasteiger partial charge in [0, 0.05) is 12.1 Å². The second-order valence-corrected chi connectivity index (χ2v) is 3.35. The highest BCUT2D eigenvalue weighted by Crippen LogP contribution is 2.25. The quantitative estimate of drug-likeness (QED) is 0.587. The molecule has 0 radical (unpaired) electrons. The number of hydrogen-bond acceptors (Lipinski definition) is 6. The van der Waals surface area contributed by atoms with Gasteiger partial charge in [-0.3, -0.25) is 10.1 Å². The van der Waals surface area contributed by atoms with E-state index in [1.165, 1.54) is 13.2 Å². The Labute approximate surface area is 101 Å². The Morgan fingerprint density at radius 3 is 2.78 bits per heavy atom. The van der Waals surface area contributed by atoms with Crippen LogP contribution in [0.5, 0.6) is 5.88 Å². The molecule has 0 atom stereocenters. The average molecular weight is 263 g/mol. The second-order valence-electron chi connectivity index (χ2n) is 3.35. The van der Waals surface area contributed by atoms with E-state index in [9.17, 15) is 18.9 Å². The number of aromatic nitrogens is 1. The molecule has 0 saturated heterocycles. The van der Waals surface area contributed by atoms with Gasteiger partial charge in [-0.2, -0.15) is 4.98 Å². The zero-order chi connectivity index (χ0) is 13.8.